The van der Waals surface area contributed by atoms with Crippen LogP contribution in [0.4, 0.5) is 15.8 Å². The van der Waals surface area contributed by atoms with Gasteiger partial charge < -0.3 is 14.8 Å². The minimum Gasteiger partial charge on any atom is -0.493 e. The second-order valence-corrected chi connectivity index (χ2v) is 7.29. The fourth-order valence-corrected chi connectivity index (χ4v) is 3.18. The first-order valence-corrected chi connectivity index (χ1v) is 10.1. The molecule has 172 valence electrons. The summed E-state index contributed by atoms with van der Waals surface area (Å²) in [6.45, 7) is 0.112. The number of benzene rings is 3. The van der Waals surface area contributed by atoms with E-state index in [9.17, 15) is 24.6 Å². The van der Waals surface area contributed by atoms with E-state index in [1.807, 2.05) is 0 Å². The van der Waals surface area contributed by atoms with Crippen molar-refractivity contribution < 1.29 is 23.6 Å². The van der Waals surface area contributed by atoms with Crippen LogP contribution < -0.4 is 14.8 Å². The van der Waals surface area contributed by atoms with Crippen LogP contribution >= 0.6 is 11.6 Å². The lowest BCUT2D eigenvalue weighted by Crippen LogP contribution is -2.13. The van der Waals surface area contributed by atoms with Crippen molar-refractivity contribution >= 4 is 35.0 Å². The van der Waals surface area contributed by atoms with Gasteiger partial charge >= 0.3 is 0 Å². The average Bonchev–Trinajstić information content (AvgIpc) is 2.82. The molecule has 1 N–H and O–H groups in total. The molecule has 3 aromatic rings. The molecule has 0 saturated carbocycles. The molecule has 0 aliphatic carbocycles. The fourth-order valence-electron chi connectivity index (χ4n) is 2.91. The number of nitro benzene ring substituents is 1. The summed E-state index contributed by atoms with van der Waals surface area (Å²) in [4.78, 5) is 22.8. The summed E-state index contributed by atoms with van der Waals surface area (Å²) >= 11 is 6.35. The second kappa shape index (κ2) is 10.9. The van der Waals surface area contributed by atoms with E-state index in [0.717, 1.165) is 0 Å². The van der Waals surface area contributed by atoms with Gasteiger partial charge in [0.15, 0.2) is 11.5 Å². The molecule has 0 bridgehead atoms. The number of hydrogen-bond acceptors (Lipinski definition) is 6. The number of nitro groups is 1. The molecule has 0 atom stereocenters. The molecule has 3 rings (SSSR count). The number of hydrogen-bond donors (Lipinski definition) is 1. The Kier molecular flexibility index (Phi) is 7.79. The number of nitrogens with zero attached hydrogens (tertiary/aromatic N) is 2. The van der Waals surface area contributed by atoms with Gasteiger partial charge in [0, 0.05) is 17.8 Å². The van der Waals surface area contributed by atoms with E-state index in [1.54, 1.807) is 18.2 Å². The van der Waals surface area contributed by atoms with Crippen LogP contribution in [0.2, 0.25) is 5.02 Å². The summed E-state index contributed by atoms with van der Waals surface area (Å²) < 4.78 is 24.1. The molecule has 8 nitrogen and oxygen atoms in total. The molecule has 0 aliphatic heterocycles. The van der Waals surface area contributed by atoms with Crippen LogP contribution in [0.15, 0.2) is 66.2 Å². The molecular formula is C24H17ClFN3O5. The molecule has 0 heterocycles. The van der Waals surface area contributed by atoms with Gasteiger partial charge in [0.05, 0.1) is 17.1 Å². The van der Waals surface area contributed by atoms with Gasteiger partial charge in [-0.2, -0.15) is 5.26 Å². The molecule has 0 spiro atoms. The number of ether oxygens (including phenoxy) is 2. The van der Waals surface area contributed by atoms with Crippen LogP contribution in [0, 0.1) is 27.3 Å². The average molecular weight is 482 g/mol. The molecule has 0 saturated heterocycles. The Morgan fingerprint density at radius 3 is 2.62 bits per heavy atom. The third kappa shape index (κ3) is 6.09. The third-order valence-corrected chi connectivity index (χ3v) is 4.82. The number of nitrogens with one attached hydrogen (secondary N) is 1. The minimum atomic E-state index is -0.755. The summed E-state index contributed by atoms with van der Waals surface area (Å²) in [5, 5.41) is 23.0. The van der Waals surface area contributed by atoms with E-state index >= 15 is 0 Å². The number of halogens is 2. The summed E-state index contributed by atoms with van der Waals surface area (Å²) in [5.41, 5.74) is 0.813. The van der Waals surface area contributed by atoms with Crippen molar-refractivity contribution in [2.45, 2.75) is 6.61 Å². The van der Waals surface area contributed by atoms with Crippen molar-refractivity contribution in [2.24, 2.45) is 0 Å². The van der Waals surface area contributed by atoms with Crippen molar-refractivity contribution in [2.75, 3.05) is 12.4 Å². The van der Waals surface area contributed by atoms with Crippen LogP contribution in [0.1, 0.15) is 11.1 Å². The molecule has 0 aliphatic rings. The molecule has 3 aromatic carbocycles. The highest BCUT2D eigenvalue weighted by Crippen LogP contribution is 2.37. The van der Waals surface area contributed by atoms with Crippen LogP contribution in [0.25, 0.3) is 6.08 Å². The molecule has 1 amide bonds. The van der Waals surface area contributed by atoms with Gasteiger partial charge in [-0.3, -0.25) is 14.9 Å². The monoisotopic (exact) mass is 481 g/mol. The number of amides is 1. The number of anilines is 1. The van der Waals surface area contributed by atoms with E-state index in [-0.39, 0.29) is 45.9 Å². The number of rotatable bonds is 8. The van der Waals surface area contributed by atoms with Crippen molar-refractivity contribution in [3.05, 3.63) is 98.3 Å². The number of methoxy groups -OCH3 is 1. The van der Waals surface area contributed by atoms with Crippen LogP contribution in [-0.2, 0) is 11.4 Å². The maximum atomic E-state index is 13.1. The van der Waals surface area contributed by atoms with Crippen LogP contribution in [0.3, 0.4) is 0 Å². The zero-order chi connectivity index (χ0) is 24.7. The molecule has 0 radical (unpaired) electrons. The SMILES string of the molecule is COc1cc(C=C(C#N)C(=O)Nc2cccc([N+](=O)[O-])c2)cc(Cl)c1OCc1ccc(F)cc1. The fraction of sp³-hybridized carbons (Fsp3) is 0.0833. The van der Waals surface area contributed by atoms with Crippen molar-refractivity contribution in [3.63, 3.8) is 0 Å². The summed E-state index contributed by atoms with van der Waals surface area (Å²) in [5.74, 6) is -0.615. The Morgan fingerprint density at radius 1 is 1.24 bits per heavy atom. The van der Waals surface area contributed by atoms with Gasteiger partial charge in [-0.15, -0.1) is 0 Å². The van der Waals surface area contributed by atoms with Gasteiger partial charge in [0.1, 0.15) is 24.1 Å². The predicted molar refractivity (Wildman–Crippen MR) is 124 cm³/mol. The molecule has 34 heavy (non-hydrogen) atoms. The summed E-state index contributed by atoms with van der Waals surface area (Å²) in [6, 6.07) is 15.9. The van der Waals surface area contributed by atoms with Gasteiger partial charge in [-0.25, -0.2) is 4.39 Å². The topological polar surface area (TPSA) is 114 Å². The van der Waals surface area contributed by atoms with Crippen molar-refractivity contribution in [3.8, 4) is 17.6 Å². The normalized spacial score (nSPS) is 10.8. The predicted octanol–water partition coefficient (Wildman–Crippen LogP) is 5.52. The molecule has 0 unspecified atom stereocenters. The summed E-state index contributed by atoms with van der Waals surface area (Å²) in [7, 11) is 1.41. The Hall–Kier alpha value is -4.42. The van der Waals surface area contributed by atoms with Crippen molar-refractivity contribution in [1.82, 2.24) is 0 Å². The van der Waals surface area contributed by atoms with E-state index in [1.165, 1.54) is 61.7 Å². The van der Waals surface area contributed by atoms with Crippen LogP contribution in [0.5, 0.6) is 11.5 Å². The maximum absolute atomic E-state index is 13.1. The Labute approximate surface area is 198 Å². The van der Waals surface area contributed by atoms with Gasteiger partial charge in [0.25, 0.3) is 11.6 Å². The van der Waals surface area contributed by atoms with E-state index in [2.05, 4.69) is 5.32 Å². The smallest absolute Gasteiger partial charge is 0.271 e. The minimum absolute atomic E-state index is 0.112. The lowest BCUT2D eigenvalue weighted by molar-refractivity contribution is -0.384. The Balaban J connectivity index is 1.81. The maximum Gasteiger partial charge on any atom is 0.271 e. The lowest BCUT2D eigenvalue weighted by Gasteiger charge is -2.13. The Bertz CT molecular complexity index is 1300. The highest BCUT2D eigenvalue weighted by molar-refractivity contribution is 6.32. The van der Waals surface area contributed by atoms with E-state index in [0.29, 0.717) is 11.1 Å². The van der Waals surface area contributed by atoms with Crippen LogP contribution in [-0.4, -0.2) is 17.9 Å². The second-order valence-electron chi connectivity index (χ2n) is 6.88. The number of carbonyl (C=O) groups is 1. The standard InChI is InChI=1S/C24H17ClFN3O5/c1-33-22-11-16(10-21(25)23(22)34-14-15-5-7-18(26)8-6-15)9-17(13-27)24(30)28-19-3-2-4-20(12-19)29(31)32/h2-12H,14H2,1H3,(H,28,30). The number of carbonyl (C=O) groups excluding carboxylic acids is 1. The molecule has 0 fully saturated rings. The first-order chi connectivity index (χ1) is 16.3. The lowest BCUT2D eigenvalue weighted by atomic mass is 10.1. The zero-order valence-corrected chi connectivity index (χ0v) is 18.5. The van der Waals surface area contributed by atoms with Crippen molar-refractivity contribution in [1.29, 1.82) is 5.26 Å². The van der Waals surface area contributed by atoms with Gasteiger partial charge in [-0.1, -0.05) is 29.8 Å². The highest BCUT2D eigenvalue weighted by atomic mass is 35.5. The van der Waals surface area contributed by atoms with E-state index in [4.69, 9.17) is 21.1 Å². The summed E-state index contributed by atoms with van der Waals surface area (Å²) in [6.07, 6.45) is 1.30. The first-order valence-electron chi connectivity index (χ1n) is 9.73. The molecule has 0 aromatic heterocycles. The van der Waals surface area contributed by atoms with Gasteiger partial charge in [0.2, 0.25) is 0 Å². The number of nitriles is 1. The first kappa shape index (κ1) is 24.2. The molecular weight excluding hydrogens is 465 g/mol. The highest BCUT2D eigenvalue weighted by Gasteiger charge is 2.15. The molecule has 10 heteroatoms. The quantitative estimate of drug-likeness (QED) is 0.196. The zero-order valence-electron chi connectivity index (χ0n) is 17.7. The third-order valence-electron chi connectivity index (χ3n) is 4.54. The van der Waals surface area contributed by atoms with E-state index < -0.39 is 10.8 Å². The Morgan fingerprint density at radius 2 is 1.97 bits per heavy atom. The number of non-ortho nitro benzene ring substituents is 1. The van der Waals surface area contributed by atoms with Gasteiger partial charge in [-0.05, 0) is 47.5 Å². The largest absolute Gasteiger partial charge is 0.493 e.